The molecular formula is C8H8N2O3. The van der Waals surface area contributed by atoms with Crippen LogP contribution < -0.4 is 4.74 Å². The van der Waals surface area contributed by atoms with Gasteiger partial charge in [0.25, 0.3) is 5.69 Å². The minimum atomic E-state index is -0.478. The molecule has 0 amide bonds. The van der Waals surface area contributed by atoms with Crippen molar-refractivity contribution in [3.63, 3.8) is 0 Å². The van der Waals surface area contributed by atoms with E-state index in [2.05, 4.69) is 4.98 Å². The van der Waals surface area contributed by atoms with Crippen LogP contribution in [0.3, 0.4) is 0 Å². The van der Waals surface area contributed by atoms with Crippen molar-refractivity contribution < 1.29 is 9.66 Å². The van der Waals surface area contributed by atoms with E-state index in [-0.39, 0.29) is 11.8 Å². The molecule has 0 saturated heterocycles. The Morgan fingerprint density at radius 2 is 2.31 bits per heavy atom. The van der Waals surface area contributed by atoms with Crippen molar-refractivity contribution in [2.75, 3.05) is 0 Å². The minimum absolute atomic E-state index is 0.0110. The third-order valence-electron chi connectivity index (χ3n) is 1.74. The molecule has 1 aliphatic rings. The van der Waals surface area contributed by atoms with Gasteiger partial charge in [0.2, 0.25) is 5.88 Å². The summed E-state index contributed by atoms with van der Waals surface area (Å²) in [5.41, 5.74) is -0.0110. The largest absolute Gasteiger partial charge is 0.474 e. The Morgan fingerprint density at radius 1 is 1.54 bits per heavy atom. The summed E-state index contributed by atoms with van der Waals surface area (Å²) in [7, 11) is 0. The lowest BCUT2D eigenvalue weighted by Crippen LogP contribution is -1.98. The Balaban J connectivity index is 2.08. The average molecular weight is 180 g/mol. The summed E-state index contributed by atoms with van der Waals surface area (Å²) >= 11 is 0. The fourth-order valence-electron chi connectivity index (χ4n) is 0.907. The molecule has 1 aromatic heterocycles. The van der Waals surface area contributed by atoms with Crippen molar-refractivity contribution in [3.05, 3.63) is 28.4 Å². The number of nitro groups is 1. The van der Waals surface area contributed by atoms with Crippen LogP contribution in [0.5, 0.6) is 5.88 Å². The van der Waals surface area contributed by atoms with Crippen molar-refractivity contribution >= 4 is 5.69 Å². The first kappa shape index (κ1) is 7.97. The van der Waals surface area contributed by atoms with Crippen LogP contribution in [0.25, 0.3) is 0 Å². The average Bonchev–Trinajstić information content (AvgIpc) is 2.89. The van der Waals surface area contributed by atoms with E-state index in [1.807, 2.05) is 0 Å². The van der Waals surface area contributed by atoms with E-state index in [0.717, 1.165) is 12.8 Å². The third kappa shape index (κ3) is 1.93. The van der Waals surface area contributed by atoms with Crippen LogP contribution in [-0.2, 0) is 0 Å². The van der Waals surface area contributed by atoms with Crippen LogP contribution in [0.1, 0.15) is 12.8 Å². The molecule has 1 aliphatic carbocycles. The molecule has 0 bridgehead atoms. The number of hydrogen-bond acceptors (Lipinski definition) is 4. The standard InChI is InChI=1S/C8H8N2O3/c11-10(12)6-1-4-8(9-5-6)13-7-2-3-7/h1,4-5,7H,2-3H2. The molecule has 1 saturated carbocycles. The second-order valence-electron chi connectivity index (χ2n) is 2.93. The smallest absolute Gasteiger partial charge is 0.287 e. The van der Waals surface area contributed by atoms with Gasteiger partial charge >= 0.3 is 0 Å². The Kier molecular flexibility index (Phi) is 1.84. The summed E-state index contributed by atoms with van der Waals surface area (Å²) < 4.78 is 5.33. The van der Waals surface area contributed by atoms with Gasteiger partial charge in [-0.25, -0.2) is 4.98 Å². The summed E-state index contributed by atoms with van der Waals surface area (Å²) in [6, 6.07) is 2.92. The first-order chi connectivity index (χ1) is 6.25. The summed E-state index contributed by atoms with van der Waals surface area (Å²) in [4.78, 5) is 13.6. The molecule has 1 fully saturated rings. The summed E-state index contributed by atoms with van der Waals surface area (Å²) in [6.45, 7) is 0. The maximum Gasteiger partial charge on any atom is 0.287 e. The number of aromatic nitrogens is 1. The normalized spacial score (nSPS) is 15.4. The van der Waals surface area contributed by atoms with Crippen molar-refractivity contribution in [3.8, 4) is 5.88 Å². The molecule has 5 heteroatoms. The number of nitrogens with zero attached hydrogens (tertiary/aromatic N) is 2. The molecule has 1 heterocycles. The fourth-order valence-corrected chi connectivity index (χ4v) is 0.907. The highest BCUT2D eigenvalue weighted by atomic mass is 16.6. The van der Waals surface area contributed by atoms with Gasteiger partial charge < -0.3 is 4.74 Å². The van der Waals surface area contributed by atoms with Crippen molar-refractivity contribution in [1.29, 1.82) is 0 Å². The highest BCUT2D eigenvalue weighted by Gasteiger charge is 2.24. The number of rotatable bonds is 3. The summed E-state index contributed by atoms with van der Waals surface area (Å²) in [5, 5.41) is 10.3. The second kappa shape index (κ2) is 3.01. The lowest BCUT2D eigenvalue weighted by atomic mass is 10.4. The van der Waals surface area contributed by atoms with E-state index < -0.39 is 4.92 Å². The van der Waals surface area contributed by atoms with Gasteiger partial charge in [0.05, 0.1) is 4.92 Å². The molecule has 1 aromatic rings. The zero-order chi connectivity index (χ0) is 9.26. The van der Waals surface area contributed by atoms with Crippen molar-refractivity contribution in [1.82, 2.24) is 4.98 Å². The van der Waals surface area contributed by atoms with Gasteiger partial charge in [-0.3, -0.25) is 10.1 Å². The zero-order valence-corrected chi connectivity index (χ0v) is 6.84. The Bertz CT molecular complexity index is 319. The first-order valence-corrected chi connectivity index (χ1v) is 4.03. The van der Waals surface area contributed by atoms with Crippen LogP contribution in [0.2, 0.25) is 0 Å². The van der Waals surface area contributed by atoms with E-state index in [4.69, 9.17) is 4.74 Å². The van der Waals surface area contributed by atoms with Crippen LogP contribution in [0.4, 0.5) is 5.69 Å². The highest BCUT2D eigenvalue weighted by molar-refractivity contribution is 5.29. The number of pyridine rings is 1. The predicted octanol–water partition coefficient (Wildman–Crippen LogP) is 1.53. The van der Waals surface area contributed by atoms with Gasteiger partial charge in [0.1, 0.15) is 12.3 Å². The lowest BCUT2D eigenvalue weighted by molar-refractivity contribution is -0.385. The number of hydrogen-bond donors (Lipinski definition) is 0. The molecule has 0 unspecified atom stereocenters. The molecule has 0 atom stereocenters. The molecule has 0 radical (unpaired) electrons. The summed E-state index contributed by atoms with van der Waals surface area (Å²) in [5.74, 6) is 0.466. The zero-order valence-electron chi connectivity index (χ0n) is 6.84. The maximum absolute atomic E-state index is 10.3. The molecular weight excluding hydrogens is 172 g/mol. The minimum Gasteiger partial charge on any atom is -0.474 e. The van der Waals surface area contributed by atoms with Gasteiger partial charge in [-0.15, -0.1) is 0 Å². The number of ether oxygens (including phenoxy) is 1. The van der Waals surface area contributed by atoms with E-state index in [1.165, 1.54) is 18.3 Å². The topological polar surface area (TPSA) is 65.3 Å². The maximum atomic E-state index is 10.3. The van der Waals surface area contributed by atoms with Gasteiger partial charge in [0.15, 0.2) is 0 Å². The molecule has 0 spiro atoms. The predicted molar refractivity (Wildman–Crippen MR) is 44.5 cm³/mol. The summed E-state index contributed by atoms with van der Waals surface area (Å²) in [6.07, 6.45) is 3.59. The Hall–Kier alpha value is -1.65. The van der Waals surface area contributed by atoms with E-state index in [1.54, 1.807) is 0 Å². The van der Waals surface area contributed by atoms with Crippen LogP contribution in [-0.4, -0.2) is 16.0 Å². The van der Waals surface area contributed by atoms with Crippen LogP contribution in [0.15, 0.2) is 18.3 Å². The molecule has 13 heavy (non-hydrogen) atoms. The van der Waals surface area contributed by atoms with Gasteiger partial charge in [0, 0.05) is 12.1 Å². The van der Waals surface area contributed by atoms with Crippen LogP contribution in [0, 0.1) is 10.1 Å². The monoisotopic (exact) mass is 180 g/mol. The van der Waals surface area contributed by atoms with E-state index >= 15 is 0 Å². The van der Waals surface area contributed by atoms with Crippen molar-refractivity contribution in [2.24, 2.45) is 0 Å². The first-order valence-electron chi connectivity index (χ1n) is 4.03. The molecule has 5 nitrogen and oxygen atoms in total. The third-order valence-corrected chi connectivity index (χ3v) is 1.74. The SMILES string of the molecule is O=[N+]([O-])c1ccc(OC2CC2)nc1. The van der Waals surface area contributed by atoms with Gasteiger partial charge in [-0.2, -0.15) is 0 Å². The fraction of sp³-hybridized carbons (Fsp3) is 0.375. The molecule has 0 aliphatic heterocycles. The quantitative estimate of drug-likeness (QED) is 0.522. The van der Waals surface area contributed by atoms with Crippen LogP contribution >= 0.6 is 0 Å². The van der Waals surface area contributed by atoms with Gasteiger partial charge in [-0.05, 0) is 12.8 Å². The molecule has 0 N–H and O–H groups in total. The Labute approximate surface area is 74.5 Å². The second-order valence-corrected chi connectivity index (χ2v) is 2.93. The van der Waals surface area contributed by atoms with Crippen molar-refractivity contribution in [2.45, 2.75) is 18.9 Å². The van der Waals surface area contributed by atoms with E-state index in [0.29, 0.717) is 5.88 Å². The highest BCUT2D eigenvalue weighted by Crippen LogP contribution is 2.25. The lowest BCUT2D eigenvalue weighted by Gasteiger charge is -2.00. The Morgan fingerprint density at radius 3 is 2.77 bits per heavy atom. The molecule has 68 valence electrons. The molecule has 0 aromatic carbocycles. The van der Waals surface area contributed by atoms with Gasteiger partial charge in [-0.1, -0.05) is 0 Å². The van der Waals surface area contributed by atoms with E-state index in [9.17, 15) is 10.1 Å². The molecule has 2 rings (SSSR count).